The lowest BCUT2D eigenvalue weighted by Crippen LogP contribution is -2.43. The van der Waals surface area contributed by atoms with Crippen LogP contribution in [0, 0.1) is 0 Å². The predicted octanol–water partition coefficient (Wildman–Crippen LogP) is 19.0. The summed E-state index contributed by atoms with van der Waals surface area (Å²) < 4.78 is 0. The van der Waals surface area contributed by atoms with Crippen molar-refractivity contribution in [3.05, 3.63) is 348 Å². The number of hydrogen-bond donors (Lipinski definition) is 0. The van der Waals surface area contributed by atoms with E-state index in [0.29, 0.717) is 0 Å². The molecule has 12 aromatic carbocycles. The fourth-order valence-corrected chi connectivity index (χ4v) is 13.5. The van der Waals surface area contributed by atoms with Crippen LogP contribution in [0.3, 0.4) is 0 Å². The number of para-hydroxylation sites is 4. The Bertz CT molecular complexity index is 3700. The molecule has 0 aliphatic heterocycles. The molecule has 3 aliphatic carbocycles. The quantitative estimate of drug-likeness (QED) is 0.150. The van der Waals surface area contributed by atoms with E-state index < -0.39 is 10.8 Å². The maximum absolute atomic E-state index is 2.56. The maximum Gasteiger partial charge on any atom is 0.0720 e. The van der Waals surface area contributed by atoms with Gasteiger partial charge in [-0.25, -0.2) is 0 Å². The van der Waals surface area contributed by atoms with Crippen molar-refractivity contribution in [1.29, 1.82) is 0 Å². The molecule has 15 rings (SSSR count). The molecule has 0 heterocycles. The van der Waals surface area contributed by atoms with Gasteiger partial charge in [0.15, 0.2) is 0 Å². The summed E-state index contributed by atoms with van der Waals surface area (Å²) >= 11 is 0. The SMILES string of the molecule is c1ccc(N(c2ccccc2)c2ccc(-c3ccc4c(c3)C3(c5ccccc5-c5ccccc53)c3ccc(-c5ccc(N(c6ccccc6)c6ccccc6)cc5)cc3C43c4ccccc4-c4ccccc43)cc2)cc1. The van der Waals surface area contributed by atoms with Crippen molar-refractivity contribution >= 4 is 34.1 Å². The molecule has 356 valence electrons. The Morgan fingerprint density at radius 3 is 0.697 bits per heavy atom. The third kappa shape index (κ3) is 6.41. The highest BCUT2D eigenvalue weighted by molar-refractivity contribution is 5.95. The monoisotopic (exact) mass is 966 g/mol. The van der Waals surface area contributed by atoms with E-state index in [1.54, 1.807) is 0 Å². The van der Waals surface area contributed by atoms with E-state index in [1.807, 2.05) is 0 Å². The van der Waals surface area contributed by atoms with Crippen LogP contribution in [-0.2, 0) is 10.8 Å². The van der Waals surface area contributed by atoms with E-state index >= 15 is 0 Å². The van der Waals surface area contributed by atoms with Gasteiger partial charge in [0.25, 0.3) is 0 Å². The highest BCUT2D eigenvalue weighted by atomic mass is 15.1. The number of benzene rings is 12. The Morgan fingerprint density at radius 2 is 0.408 bits per heavy atom. The van der Waals surface area contributed by atoms with Gasteiger partial charge in [-0.15, -0.1) is 0 Å². The minimum Gasteiger partial charge on any atom is -0.311 e. The molecule has 3 aliphatic rings. The molecule has 0 unspecified atom stereocenters. The molecule has 12 aromatic rings. The average Bonchev–Trinajstić information content (AvgIpc) is 4.00. The van der Waals surface area contributed by atoms with E-state index in [-0.39, 0.29) is 0 Å². The first-order valence-corrected chi connectivity index (χ1v) is 26.4. The smallest absolute Gasteiger partial charge is 0.0720 e. The number of fused-ring (bicyclic) bond motifs is 16. The van der Waals surface area contributed by atoms with E-state index in [1.165, 1.54) is 89.0 Å². The Morgan fingerprint density at radius 1 is 0.171 bits per heavy atom. The molecule has 2 nitrogen and oxygen atoms in total. The van der Waals surface area contributed by atoms with Crippen LogP contribution in [0.15, 0.2) is 303 Å². The second kappa shape index (κ2) is 17.4. The van der Waals surface area contributed by atoms with Gasteiger partial charge in [-0.2, -0.15) is 0 Å². The van der Waals surface area contributed by atoms with Gasteiger partial charge in [0.1, 0.15) is 0 Å². The molecule has 0 amide bonds. The number of rotatable bonds is 8. The zero-order valence-corrected chi connectivity index (χ0v) is 41.8. The Kier molecular flexibility index (Phi) is 10.0. The molecule has 0 saturated heterocycles. The Balaban J connectivity index is 0.966. The average molecular weight is 967 g/mol. The molecular weight excluding hydrogens is 917 g/mol. The summed E-state index contributed by atoms with van der Waals surface area (Å²) in [6.45, 7) is 0. The summed E-state index contributed by atoms with van der Waals surface area (Å²) in [5, 5.41) is 0. The molecule has 2 heteroatoms. The molecule has 0 bridgehead atoms. The second-order valence-corrected chi connectivity index (χ2v) is 20.3. The summed E-state index contributed by atoms with van der Waals surface area (Å²) in [5.74, 6) is 0. The Hall–Kier alpha value is -9.76. The highest BCUT2D eigenvalue weighted by Crippen LogP contribution is 2.68. The van der Waals surface area contributed by atoms with E-state index in [4.69, 9.17) is 0 Å². The summed E-state index contributed by atoms with van der Waals surface area (Å²) in [7, 11) is 0. The van der Waals surface area contributed by atoms with Gasteiger partial charge in [0.2, 0.25) is 0 Å². The van der Waals surface area contributed by atoms with Crippen LogP contribution in [0.2, 0.25) is 0 Å². The first-order chi connectivity index (χ1) is 37.7. The maximum atomic E-state index is 2.56. The summed E-state index contributed by atoms with van der Waals surface area (Å²) in [4.78, 5) is 4.67. The fourth-order valence-electron chi connectivity index (χ4n) is 13.5. The first kappa shape index (κ1) is 43.8. The van der Waals surface area contributed by atoms with Crippen molar-refractivity contribution in [3.63, 3.8) is 0 Å². The van der Waals surface area contributed by atoms with E-state index in [0.717, 1.165) is 34.1 Å². The van der Waals surface area contributed by atoms with Gasteiger partial charge in [-0.1, -0.05) is 218 Å². The third-order valence-electron chi connectivity index (χ3n) is 16.5. The van der Waals surface area contributed by atoms with Crippen LogP contribution in [0.25, 0.3) is 44.5 Å². The third-order valence-corrected chi connectivity index (χ3v) is 16.5. The van der Waals surface area contributed by atoms with Crippen LogP contribution < -0.4 is 9.80 Å². The molecule has 2 spiro atoms. The van der Waals surface area contributed by atoms with E-state index in [2.05, 4.69) is 313 Å². The standard InChI is InChI=1S/C74H50N2/c1-5-21-55(22-6-1)75(56-23-7-2-8-24-56)59-43-37-51(38-44-59)53-41-47-69-71(49-53)73(65-33-17-13-29-61(65)62-30-14-18-34-66(62)73)70-48-42-54(50-72(70)74(69)67-35-19-15-31-63(67)64-32-16-20-36-68(64)74)52-39-45-60(46-40-52)76(57-25-9-3-10-26-57)58-27-11-4-12-28-58/h1-50H. The van der Waals surface area contributed by atoms with Crippen molar-refractivity contribution in [3.8, 4) is 44.5 Å². The molecule has 0 atom stereocenters. The first-order valence-electron chi connectivity index (χ1n) is 26.4. The zero-order valence-electron chi connectivity index (χ0n) is 41.8. The van der Waals surface area contributed by atoms with Crippen molar-refractivity contribution in [2.45, 2.75) is 10.8 Å². The number of hydrogen-bond acceptors (Lipinski definition) is 2. The molecule has 0 N–H and O–H groups in total. The van der Waals surface area contributed by atoms with Crippen LogP contribution in [-0.4, -0.2) is 0 Å². The number of nitrogens with zero attached hydrogens (tertiary/aromatic N) is 2. The molecule has 0 saturated carbocycles. The minimum atomic E-state index is -0.628. The van der Waals surface area contributed by atoms with Crippen LogP contribution >= 0.6 is 0 Å². The fraction of sp³-hybridized carbons (Fsp3) is 0.0270. The number of anilines is 6. The predicted molar refractivity (Wildman–Crippen MR) is 315 cm³/mol. The van der Waals surface area contributed by atoms with Crippen molar-refractivity contribution < 1.29 is 0 Å². The second-order valence-electron chi connectivity index (χ2n) is 20.3. The minimum absolute atomic E-state index is 0.628. The molecule has 76 heavy (non-hydrogen) atoms. The normalized spacial score (nSPS) is 13.5. The lowest BCUT2D eigenvalue weighted by atomic mass is 9.52. The molecular formula is C74H50N2. The van der Waals surface area contributed by atoms with E-state index in [9.17, 15) is 0 Å². The van der Waals surface area contributed by atoms with Crippen LogP contribution in [0.4, 0.5) is 34.1 Å². The summed E-state index contributed by atoms with van der Waals surface area (Å²) in [6, 6.07) is 113. The summed E-state index contributed by atoms with van der Waals surface area (Å²) in [5.41, 5.74) is 25.9. The molecule has 0 fully saturated rings. The van der Waals surface area contributed by atoms with Gasteiger partial charge >= 0.3 is 0 Å². The van der Waals surface area contributed by atoms with Crippen LogP contribution in [0.5, 0.6) is 0 Å². The van der Waals surface area contributed by atoms with Gasteiger partial charge in [0, 0.05) is 34.1 Å². The zero-order chi connectivity index (χ0) is 50.2. The van der Waals surface area contributed by atoms with Gasteiger partial charge in [-0.05, 0) is 174 Å². The van der Waals surface area contributed by atoms with Crippen molar-refractivity contribution in [1.82, 2.24) is 0 Å². The van der Waals surface area contributed by atoms with Gasteiger partial charge < -0.3 is 9.80 Å². The van der Waals surface area contributed by atoms with Crippen LogP contribution in [0.1, 0.15) is 44.5 Å². The Labute approximate surface area is 444 Å². The lowest BCUT2D eigenvalue weighted by Gasteiger charge is -2.49. The molecule has 0 radical (unpaired) electrons. The van der Waals surface area contributed by atoms with Crippen molar-refractivity contribution in [2.75, 3.05) is 9.80 Å². The highest BCUT2D eigenvalue weighted by Gasteiger charge is 2.59. The molecule has 0 aromatic heterocycles. The topological polar surface area (TPSA) is 6.48 Å². The summed E-state index contributed by atoms with van der Waals surface area (Å²) in [6.07, 6.45) is 0. The largest absolute Gasteiger partial charge is 0.311 e. The van der Waals surface area contributed by atoms with Gasteiger partial charge in [-0.3, -0.25) is 0 Å². The lowest BCUT2D eigenvalue weighted by molar-refractivity contribution is 0.633. The van der Waals surface area contributed by atoms with Gasteiger partial charge in [0.05, 0.1) is 10.8 Å². The van der Waals surface area contributed by atoms with Crippen molar-refractivity contribution in [2.24, 2.45) is 0 Å².